The summed E-state index contributed by atoms with van der Waals surface area (Å²) in [6.07, 6.45) is 5.81. The van der Waals surface area contributed by atoms with Crippen molar-refractivity contribution in [3.05, 3.63) is 35.5 Å². The van der Waals surface area contributed by atoms with Crippen molar-refractivity contribution >= 4 is 16.9 Å². The van der Waals surface area contributed by atoms with E-state index >= 15 is 0 Å². The number of nitrogens with one attached hydrogen (secondary N) is 3. The highest BCUT2D eigenvalue weighted by Gasteiger charge is 2.32. The first-order valence-electron chi connectivity index (χ1n) is 9.26. The molecule has 0 aliphatic heterocycles. The monoisotopic (exact) mass is 341 g/mol. The minimum atomic E-state index is 0.593. The van der Waals surface area contributed by atoms with Crippen molar-refractivity contribution in [2.45, 2.75) is 32.2 Å². The number of H-pyrrole nitrogens is 1. The lowest BCUT2D eigenvalue weighted by atomic mass is 10.1. The second-order valence-electron chi connectivity index (χ2n) is 7.36. The fourth-order valence-corrected chi connectivity index (χ4v) is 3.50. The molecule has 0 spiro atoms. The highest BCUT2D eigenvalue weighted by molar-refractivity contribution is 5.84. The van der Waals surface area contributed by atoms with Crippen LogP contribution in [0.2, 0.25) is 0 Å². The molecule has 3 rings (SSSR count). The van der Waals surface area contributed by atoms with Gasteiger partial charge in [-0.05, 0) is 63.4 Å². The Labute approximate surface area is 150 Å². The van der Waals surface area contributed by atoms with E-state index in [9.17, 15) is 0 Å². The Morgan fingerprint density at radius 1 is 1.32 bits per heavy atom. The van der Waals surface area contributed by atoms with E-state index in [1.54, 1.807) is 0 Å². The van der Waals surface area contributed by atoms with Crippen molar-refractivity contribution < 1.29 is 0 Å². The molecule has 1 saturated carbocycles. The molecule has 1 unspecified atom stereocenters. The molecule has 0 amide bonds. The lowest BCUT2D eigenvalue weighted by Crippen LogP contribution is -2.46. The summed E-state index contributed by atoms with van der Waals surface area (Å²) in [6.45, 7) is 3.94. The molecular weight excluding hydrogens is 310 g/mol. The Bertz CT molecular complexity index is 725. The van der Waals surface area contributed by atoms with Crippen LogP contribution in [0, 0.1) is 12.8 Å². The third-order valence-electron chi connectivity index (χ3n) is 5.14. The number of likely N-dealkylation sites (N-methyl/N-ethyl adjacent to an activating group) is 1. The molecule has 1 aromatic carbocycles. The summed E-state index contributed by atoms with van der Waals surface area (Å²) < 4.78 is 0. The number of guanidine groups is 1. The Kier molecular flexibility index (Phi) is 5.63. The number of aryl methyl sites for hydroxylation is 1. The van der Waals surface area contributed by atoms with Crippen LogP contribution in [-0.4, -0.2) is 56.1 Å². The zero-order chi connectivity index (χ0) is 17.8. The van der Waals surface area contributed by atoms with E-state index in [1.165, 1.54) is 34.9 Å². The van der Waals surface area contributed by atoms with Gasteiger partial charge in [0.1, 0.15) is 0 Å². The summed E-state index contributed by atoms with van der Waals surface area (Å²) in [4.78, 5) is 10.1. The van der Waals surface area contributed by atoms with Gasteiger partial charge in [-0.15, -0.1) is 0 Å². The van der Waals surface area contributed by atoms with Crippen LogP contribution in [0.3, 0.4) is 0 Å². The van der Waals surface area contributed by atoms with Gasteiger partial charge in [0.25, 0.3) is 0 Å². The Morgan fingerprint density at radius 2 is 2.12 bits per heavy atom. The minimum absolute atomic E-state index is 0.593. The van der Waals surface area contributed by atoms with Crippen LogP contribution in [0.15, 0.2) is 29.4 Å². The molecule has 136 valence electrons. The maximum absolute atomic E-state index is 4.36. The van der Waals surface area contributed by atoms with Crippen molar-refractivity contribution in [3.63, 3.8) is 0 Å². The molecule has 0 saturated heterocycles. The van der Waals surface area contributed by atoms with E-state index < -0.39 is 0 Å². The summed E-state index contributed by atoms with van der Waals surface area (Å²) in [7, 11) is 6.17. The molecule has 1 fully saturated rings. The highest BCUT2D eigenvalue weighted by atomic mass is 15.2. The molecule has 25 heavy (non-hydrogen) atoms. The molecule has 5 heteroatoms. The number of aliphatic imine (C=N–C) groups is 1. The lowest BCUT2D eigenvalue weighted by Gasteiger charge is -2.25. The number of aromatic amines is 1. The van der Waals surface area contributed by atoms with Crippen molar-refractivity contribution in [1.29, 1.82) is 0 Å². The molecule has 5 nitrogen and oxygen atoms in total. The van der Waals surface area contributed by atoms with Gasteiger partial charge in [0.05, 0.1) is 0 Å². The number of rotatable bonds is 7. The van der Waals surface area contributed by atoms with Crippen molar-refractivity contribution in [2.24, 2.45) is 10.9 Å². The van der Waals surface area contributed by atoms with Gasteiger partial charge in [0.2, 0.25) is 0 Å². The van der Waals surface area contributed by atoms with Crippen LogP contribution in [-0.2, 0) is 6.42 Å². The van der Waals surface area contributed by atoms with Gasteiger partial charge in [-0.3, -0.25) is 4.99 Å². The maximum atomic E-state index is 4.36. The maximum Gasteiger partial charge on any atom is 0.191 e. The number of fused-ring (bicyclic) bond motifs is 1. The minimum Gasteiger partial charge on any atom is -0.361 e. The van der Waals surface area contributed by atoms with E-state index in [0.29, 0.717) is 6.04 Å². The van der Waals surface area contributed by atoms with E-state index in [-0.39, 0.29) is 0 Å². The van der Waals surface area contributed by atoms with Gasteiger partial charge in [-0.2, -0.15) is 0 Å². The molecule has 1 aromatic heterocycles. The summed E-state index contributed by atoms with van der Waals surface area (Å²) in [6, 6.07) is 7.18. The zero-order valence-corrected chi connectivity index (χ0v) is 15.9. The number of hydrogen-bond donors (Lipinski definition) is 3. The Morgan fingerprint density at radius 3 is 2.80 bits per heavy atom. The lowest BCUT2D eigenvalue weighted by molar-refractivity contribution is 0.264. The first-order chi connectivity index (χ1) is 12.1. The fraction of sp³-hybridized carbons (Fsp3) is 0.550. The van der Waals surface area contributed by atoms with Gasteiger partial charge in [-0.25, -0.2) is 0 Å². The van der Waals surface area contributed by atoms with E-state index in [1.807, 2.05) is 7.05 Å². The van der Waals surface area contributed by atoms with Crippen LogP contribution in [0.4, 0.5) is 0 Å². The average molecular weight is 342 g/mol. The fourth-order valence-electron chi connectivity index (χ4n) is 3.50. The van der Waals surface area contributed by atoms with Crippen molar-refractivity contribution in [3.8, 4) is 0 Å². The molecule has 1 aliphatic rings. The average Bonchev–Trinajstić information content (AvgIpc) is 3.34. The number of aromatic nitrogens is 1. The summed E-state index contributed by atoms with van der Waals surface area (Å²) >= 11 is 0. The topological polar surface area (TPSA) is 55.5 Å². The molecule has 3 N–H and O–H groups in total. The van der Waals surface area contributed by atoms with Gasteiger partial charge in [-0.1, -0.05) is 12.1 Å². The highest BCUT2D eigenvalue weighted by Crippen LogP contribution is 2.34. The molecule has 0 bridgehead atoms. The van der Waals surface area contributed by atoms with E-state index in [2.05, 4.69) is 70.9 Å². The standard InChI is InChI=1S/C20H31N5/c1-14-5-8-17-16(12-23-18(17)11-14)9-10-22-20(21-2)24-13-19(25(3)4)15-6-7-15/h5,8,11-12,15,19,23H,6-7,9-10,13H2,1-4H3,(H2,21,22,24). The number of benzene rings is 1. The summed E-state index contributed by atoms with van der Waals surface area (Å²) in [5.74, 6) is 1.73. The molecule has 1 heterocycles. The van der Waals surface area contributed by atoms with Crippen LogP contribution in [0.25, 0.3) is 10.9 Å². The summed E-state index contributed by atoms with van der Waals surface area (Å²) in [5, 5.41) is 8.25. The van der Waals surface area contributed by atoms with E-state index in [0.717, 1.165) is 31.4 Å². The predicted octanol–water partition coefficient (Wildman–Crippen LogP) is 2.52. The van der Waals surface area contributed by atoms with Crippen molar-refractivity contribution in [2.75, 3.05) is 34.2 Å². The zero-order valence-electron chi connectivity index (χ0n) is 15.9. The number of hydrogen-bond acceptors (Lipinski definition) is 2. The van der Waals surface area contributed by atoms with Gasteiger partial charge < -0.3 is 20.5 Å². The van der Waals surface area contributed by atoms with Crippen LogP contribution >= 0.6 is 0 Å². The third-order valence-corrected chi connectivity index (χ3v) is 5.14. The van der Waals surface area contributed by atoms with Crippen molar-refractivity contribution in [1.82, 2.24) is 20.5 Å². The quantitative estimate of drug-likeness (QED) is 0.536. The van der Waals surface area contributed by atoms with Crippen LogP contribution in [0.5, 0.6) is 0 Å². The third kappa shape index (κ3) is 4.54. The molecule has 2 aromatic rings. The first kappa shape index (κ1) is 17.8. The first-order valence-corrected chi connectivity index (χ1v) is 9.26. The normalized spacial score (nSPS) is 16.4. The Balaban J connectivity index is 1.49. The van der Waals surface area contributed by atoms with Crippen LogP contribution in [0.1, 0.15) is 24.0 Å². The molecule has 0 radical (unpaired) electrons. The van der Waals surface area contributed by atoms with Crippen LogP contribution < -0.4 is 10.6 Å². The smallest absolute Gasteiger partial charge is 0.191 e. The SMILES string of the molecule is CN=C(NCCc1c[nH]c2cc(C)ccc12)NCC(C1CC1)N(C)C. The largest absolute Gasteiger partial charge is 0.361 e. The van der Waals surface area contributed by atoms with E-state index in [4.69, 9.17) is 0 Å². The predicted molar refractivity (Wildman–Crippen MR) is 106 cm³/mol. The molecule has 1 atom stereocenters. The Hall–Kier alpha value is -2.01. The summed E-state index contributed by atoms with van der Waals surface area (Å²) in [5.41, 5.74) is 3.85. The second kappa shape index (κ2) is 7.91. The number of nitrogens with zero attached hydrogens (tertiary/aromatic N) is 2. The van der Waals surface area contributed by atoms with Gasteiger partial charge in [0.15, 0.2) is 5.96 Å². The van der Waals surface area contributed by atoms with Gasteiger partial charge in [0, 0.05) is 43.3 Å². The van der Waals surface area contributed by atoms with Gasteiger partial charge >= 0.3 is 0 Å². The molecular formula is C20H31N5. The second-order valence-corrected chi connectivity index (χ2v) is 7.36. The molecule has 1 aliphatic carbocycles.